The van der Waals surface area contributed by atoms with Crippen LogP contribution in [0.15, 0.2) is 97.1 Å². The molecule has 2 unspecified atom stereocenters. The van der Waals surface area contributed by atoms with Gasteiger partial charge in [0.1, 0.15) is 12.3 Å². The van der Waals surface area contributed by atoms with Crippen LogP contribution in [0.1, 0.15) is 26.5 Å². The smallest absolute Gasteiger partial charge is 0.410 e. The number of hydrogen-bond donors (Lipinski definition) is 2. The molecule has 9 nitrogen and oxygen atoms in total. The van der Waals surface area contributed by atoms with Crippen molar-refractivity contribution >= 4 is 63.2 Å². The molecule has 2 N–H and O–H groups in total. The third-order valence-corrected chi connectivity index (χ3v) is 10.5. The van der Waals surface area contributed by atoms with Gasteiger partial charge in [0.05, 0.1) is 4.88 Å². The van der Waals surface area contributed by atoms with Gasteiger partial charge in [-0.3, -0.25) is 14.2 Å². The van der Waals surface area contributed by atoms with Gasteiger partial charge in [-0.1, -0.05) is 78.9 Å². The molecule has 5 aromatic rings. The summed E-state index contributed by atoms with van der Waals surface area (Å²) in [7, 11) is -4.12. The van der Waals surface area contributed by atoms with Crippen molar-refractivity contribution in [2.45, 2.75) is 12.3 Å². The molecule has 0 spiro atoms. The Morgan fingerprint density at radius 3 is 2.24 bits per heavy atom. The number of amides is 3. The Morgan fingerprint density at radius 1 is 0.867 bits per heavy atom. The van der Waals surface area contributed by atoms with E-state index in [9.17, 15) is 23.8 Å². The fourth-order valence-corrected chi connectivity index (χ4v) is 8.15. The van der Waals surface area contributed by atoms with E-state index < -0.39 is 25.0 Å². The van der Waals surface area contributed by atoms with Gasteiger partial charge < -0.3 is 24.7 Å². The maximum atomic E-state index is 14.0. The number of piperazine rings is 1. The van der Waals surface area contributed by atoms with Crippen LogP contribution in [0.4, 0.5) is 10.5 Å². The molecule has 1 aliphatic rings. The summed E-state index contributed by atoms with van der Waals surface area (Å²) < 4.78 is 19.6. The number of nitrogens with zero attached hydrogens (tertiary/aromatic N) is 2. The standard InChI is InChI=1S/C34H32N3O6PS/c1-44(41,42)30(32(38)35-26-16-15-24-11-5-6-12-25(24)21-26)29-27-13-7-8-14-28(27)45-31(29)33(39)36-17-19-37(20-18-36)34(40)43-22-23-9-3-2-4-10-23/h2-16,21,30H,17-20,22H2,1H3,(H,35,38)(H,41,42). The highest BCUT2D eigenvalue weighted by Gasteiger charge is 2.41. The molecule has 2 atom stereocenters. The molecule has 1 fully saturated rings. The zero-order chi connectivity index (χ0) is 31.6. The quantitative estimate of drug-likeness (QED) is 0.191. The molecule has 1 saturated heterocycles. The van der Waals surface area contributed by atoms with Crippen molar-refractivity contribution in [1.29, 1.82) is 0 Å². The number of hydrogen-bond acceptors (Lipinski definition) is 6. The van der Waals surface area contributed by atoms with Crippen molar-refractivity contribution in [3.63, 3.8) is 0 Å². The van der Waals surface area contributed by atoms with E-state index in [1.807, 2.05) is 78.9 Å². The van der Waals surface area contributed by atoms with E-state index in [2.05, 4.69) is 5.32 Å². The minimum Gasteiger partial charge on any atom is -0.445 e. The fraction of sp³-hybridized carbons (Fsp3) is 0.206. The Balaban J connectivity index is 1.24. The molecule has 3 amide bonds. The molecule has 1 aliphatic heterocycles. The lowest BCUT2D eigenvalue weighted by atomic mass is 10.0. The van der Waals surface area contributed by atoms with Crippen LogP contribution in [0.5, 0.6) is 0 Å². The molecule has 2 heterocycles. The normalized spacial score (nSPS) is 15.4. The first-order valence-corrected chi connectivity index (χ1v) is 17.5. The number of thiophene rings is 1. The molecule has 0 saturated carbocycles. The second-order valence-corrected chi connectivity index (χ2v) is 14.5. The Kier molecular flexibility index (Phi) is 8.72. The van der Waals surface area contributed by atoms with Crippen molar-refractivity contribution < 1.29 is 28.6 Å². The summed E-state index contributed by atoms with van der Waals surface area (Å²) >= 11 is 1.20. The third-order valence-electron chi connectivity index (χ3n) is 7.88. The zero-order valence-electron chi connectivity index (χ0n) is 24.6. The van der Waals surface area contributed by atoms with Gasteiger partial charge in [0.15, 0.2) is 0 Å². The molecule has 45 heavy (non-hydrogen) atoms. The molecule has 6 rings (SSSR count). The number of ether oxygens (including phenoxy) is 1. The van der Waals surface area contributed by atoms with Gasteiger partial charge in [-0.2, -0.15) is 0 Å². The maximum Gasteiger partial charge on any atom is 0.410 e. The van der Waals surface area contributed by atoms with Crippen LogP contribution in [-0.4, -0.2) is 65.4 Å². The molecule has 230 valence electrons. The zero-order valence-corrected chi connectivity index (χ0v) is 26.3. The molecule has 0 aliphatic carbocycles. The lowest BCUT2D eigenvalue weighted by Crippen LogP contribution is -2.50. The van der Waals surface area contributed by atoms with Crippen LogP contribution < -0.4 is 5.32 Å². The number of rotatable bonds is 7. The minimum absolute atomic E-state index is 0.158. The molecule has 4 aromatic carbocycles. The highest BCUT2D eigenvalue weighted by Crippen LogP contribution is 2.56. The van der Waals surface area contributed by atoms with E-state index in [0.29, 0.717) is 11.1 Å². The number of fused-ring (bicyclic) bond motifs is 2. The number of nitrogens with one attached hydrogen (secondary N) is 1. The summed E-state index contributed by atoms with van der Waals surface area (Å²) in [4.78, 5) is 55.0. The van der Waals surface area contributed by atoms with Crippen LogP contribution in [0.3, 0.4) is 0 Å². The van der Waals surface area contributed by atoms with E-state index in [-0.39, 0.29) is 49.1 Å². The van der Waals surface area contributed by atoms with Gasteiger partial charge in [0, 0.05) is 48.8 Å². The van der Waals surface area contributed by atoms with Gasteiger partial charge >= 0.3 is 6.09 Å². The Bertz CT molecular complexity index is 1930. The Morgan fingerprint density at radius 2 is 1.51 bits per heavy atom. The second-order valence-electron chi connectivity index (χ2n) is 11.1. The van der Waals surface area contributed by atoms with E-state index >= 15 is 0 Å². The van der Waals surface area contributed by atoms with Crippen molar-refractivity contribution in [3.05, 3.63) is 113 Å². The van der Waals surface area contributed by atoms with Crippen molar-refractivity contribution in [1.82, 2.24) is 9.80 Å². The number of benzene rings is 4. The first kappa shape index (κ1) is 30.5. The van der Waals surface area contributed by atoms with E-state index in [4.69, 9.17) is 4.74 Å². The third kappa shape index (κ3) is 6.63. The van der Waals surface area contributed by atoms with Crippen LogP contribution in [0.2, 0.25) is 0 Å². The second kappa shape index (κ2) is 12.9. The summed E-state index contributed by atoms with van der Waals surface area (Å²) in [5, 5.41) is 5.33. The monoisotopic (exact) mass is 641 g/mol. The Hall–Kier alpha value is -4.50. The average Bonchev–Trinajstić information content (AvgIpc) is 3.42. The van der Waals surface area contributed by atoms with Crippen molar-refractivity contribution in [2.24, 2.45) is 0 Å². The van der Waals surface area contributed by atoms with Gasteiger partial charge in [-0.05, 0) is 39.9 Å². The topological polar surface area (TPSA) is 116 Å². The summed E-state index contributed by atoms with van der Waals surface area (Å²) in [5.41, 5.74) is 0.137. The summed E-state index contributed by atoms with van der Waals surface area (Å²) in [6.45, 7) is 2.37. The predicted octanol–water partition coefficient (Wildman–Crippen LogP) is 6.73. The lowest BCUT2D eigenvalue weighted by molar-refractivity contribution is -0.116. The van der Waals surface area contributed by atoms with E-state index in [1.165, 1.54) is 11.3 Å². The molecule has 11 heteroatoms. The average molecular weight is 642 g/mol. The van der Waals surface area contributed by atoms with Crippen molar-refractivity contribution in [2.75, 3.05) is 38.2 Å². The fourth-order valence-electron chi connectivity index (χ4n) is 5.61. The molecule has 0 radical (unpaired) electrons. The maximum absolute atomic E-state index is 14.0. The highest BCUT2D eigenvalue weighted by atomic mass is 32.1. The number of anilines is 1. The molecular weight excluding hydrogens is 609 g/mol. The Labute approximate surface area is 264 Å². The number of carbonyl (C=O) groups excluding carboxylic acids is 3. The van der Waals surface area contributed by atoms with Crippen LogP contribution in [0, 0.1) is 0 Å². The predicted molar refractivity (Wildman–Crippen MR) is 177 cm³/mol. The van der Waals surface area contributed by atoms with Crippen LogP contribution >= 0.6 is 18.7 Å². The van der Waals surface area contributed by atoms with Crippen LogP contribution in [-0.2, 0) is 20.7 Å². The van der Waals surface area contributed by atoms with Crippen molar-refractivity contribution in [3.8, 4) is 0 Å². The highest BCUT2D eigenvalue weighted by molar-refractivity contribution is 7.58. The minimum atomic E-state index is -4.12. The molecule has 0 bridgehead atoms. The van der Waals surface area contributed by atoms with Gasteiger partial charge in [0.25, 0.3) is 5.91 Å². The van der Waals surface area contributed by atoms with Gasteiger partial charge in [-0.25, -0.2) is 4.79 Å². The van der Waals surface area contributed by atoms with Crippen LogP contribution in [0.25, 0.3) is 20.9 Å². The largest absolute Gasteiger partial charge is 0.445 e. The lowest BCUT2D eigenvalue weighted by Gasteiger charge is -2.34. The van der Waals surface area contributed by atoms with E-state index in [0.717, 1.165) is 27.7 Å². The van der Waals surface area contributed by atoms with E-state index in [1.54, 1.807) is 28.0 Å². The molecular formula is C34H32N3O6PS. The first-order chi connectivity index (χ1) is 21.7. The summed E-state index contributed by atoms with van der Waals surface area (Å²) in [5.74, 6) is -1.01. The first-order valence-electron chi connectivity index (χ1n) is 14.5. The number of carbonyl (C=O) groups is 3. The van der Waals surface area contributed by atoms with Gasteiger partial charge in [0.2, 0.25) is 13.3 Å². The SMILES string of the molecule is CP(=O)(O)C(C(=O)Nc1ccc2ccccc2c1)c1c(C(=O)N2CCN(C(=O)OCc3ccccc3)CC2)sc2ccccc12. The van der Waals surface area contributed by atoms with Gasteiger partial charge in [-0.15, -0.1) is 11.3 Å². The summed E-state index contributed by atoms with van der Waals surface area (Å²) in [6.07, 6.45) is -0.453. The molecule has 1 aromatic heterocycles. The summed E-state index contributed by atoms with van der Waals surface area (Å²) in [6, 6.07) is 29.7.